The zero-order chi connectivity index (χ0) is 18.5. The Kier molecular flexibility index (Phi) is 4.40. The van der Waals surface area contributed by atoms with Gasteiger partial charge in [-0.2, -0.15) is 0 Å². The lowest BCUT2D eigenvalue weighted by atomic mass is 9.90. The molecule has 26 heavy (non-hydrogen) atoms. The highest BCUT2D eigenvalue weighted by Crippen LogP contribution is 2.44. The number of aliphatic hydroxyl groups is 1. The van der Waals surface area contributed by atoms with E-state index in [0.29, 0.717) is 52.5 Å². The number of fused-ring (bicyclic) bond motifs is 3. The molecule has 2 aromatic carbocycles. The number of hydrogen-bond donors (Lipinski definition) is 1. The maximum Gasteiger partial charge on any atom is 0.270 e. The van der Waals surface area contributed by atoms with Crippen molar-refractivity contribution < 1.29 is 18.3 Å². The second kappa shape index (κ2) is 6.46. The van der Waals surface area contributed by atoms with Crippen LogP contribution in [-0.4, -0.2) is 21.7 Å². The Morgan fingerprint density at radius 2 is 1.69 bits per heavy atom. The zero-order valence-electron chi connectivity index (χ0n) is 14.1. The molecule has 0 unspecified atom stereocenters. The van der Waals surface area contributed by atoms with Crippen molar-refractivity contribution in [3.8, 4) is 0 Å². The Bertz CT molecular complexity index is 909. The zero-order valence-corrected chi connectivity index (χ0v) is 14.8. The van der Waals surface area contributed by atoms with Crippen LogP contribution in [0.2, 0.25) is 5.02 Å². The van der Waals surface area contributed by atoms with Crippen molar-refractivity contribution >= 4 is 33.4 Å². The number of halogens is 4. The summed E-state index contributed by atoms with van der Waals surface area (Å²) in [6, 6.07) is 7.64. The molecule has 0 amide bonds. The molecule has 2 nitrogen and oxygen atoms in total. The molecule has 0 aliphatic heterocycles. The van der Waals surface area contributed by atoms with Gasteiger partial charge in [-0.25, -0.2) is 13.2 Å². The number of alkyl halides is 2. The normalized spacial score (nSPS) is 23.9. The van der Waals surface area contributed by atoms with Gasteiger partial charge in [-0.3, -0.25) is 0 Å². The van der Waals surface area contributed by atoms with Crippen LogP contribution >= 0.6 is 11.6 Å². The highest BCUT2D eigenvalue weighted by molar-refractivity contribution is 6.31. The number of rotatable bonds is 1. The molecule has 138 valence electrons. The summed E-state index contributed by atoms with van der Waals surface area (Å²) in [6.45, 7) is 0. The number of aliphatic hydroxyl groups excluding tert-OH is 1. The highest BCUT2D eigenvalue weighted by Gasteiger charge is 2.46. The highest BCUT2D eigenvalue weighted by atomic mass is 35.5. The minimum Gasteiger partial charge on any atom is -0.391 e. The van der Waals surface area contributed by atoms with Crippen molar-refractivity contribution in [1.82, 2.24) is 4.57 Å². The standard InChI is InChI=1S/C20H19ClF3NO/c21-12-5-7-16-14(10-12)15-11-13(22)6-8-17(15)25(16)19-18(26)4-2-1-3-9-20(19,23)24/h5-8,10-11,18-19,26H,1-4,9H2/t18-,19+/m0/s1. The van der Waals surface area contributed by atoms with Crippen molar-refractivity contribution in [3.05, 3.63) is 47.2 Å². The van der Waals surface area contributed by atoms with E-state index < -0.39 is 23.9 Å². The average Bonchev–Trinajstić information content (AvgIpc) is 2.86. The molecular formula is C20H19ClF3NO. The molecule has 3 aromatic rings. The van der Waals surface area contributed by atoms with E-state index in [2.05, 4.69) is 0 Å². The first-order valence-electron chi connectivity index (χ1n) is 8.83. The fraction of sp³-hybridized carbons (Fsp3) is 0.400. The molecular weight excluding hydrogens is 363 g/mol. The van der Waals surface area contributed by atoms with Gasteiger partial charge < -0.3 is 9.67 Å². The van der Waals surface area contributed by atoms with E-state index in [-0.39, 0.29) is 6.42 Å². The lowest BCUT2D eigenvalue weighted by Crippen LogP contribution is -2.40. The first-order chi connectivity index (χ1) is 12.4. The van der Waals surface area contributed by atoms with E-state index in [0.717, 1.165) is 0 Å². The van der Waals surface area contributed by atoms with Crippen LogP contribution in [0.4, 0.5) is 13.2 Å². The van der Waals surface area contributed by atoms with Crippen molar-refractivity contribution in [2.75, 3.05) is 0 Å². The molecule has 0 saturated heterocycles. The Morgan fingerprint density at radius 1 is 1.00 bits per heavy atom. The number of nitrogens with zero attached hydrogens (tertiary/aromatic N) is 1. The van der Waals surface area contributed by atoms with Gasteiger partial charge in [-0.1, -0.05) is 24.4 Å². The monoisotopic (exact) mass is 381 g/mol. The SMILES string of the molecule is O[C@H]1CCCCCC(F)(F)[C@@H]1n1c2ccc(F)cc2c2cc(Cl)ccc21. The van der Waals surface area contributed by atoms with Gasteiger partial charge in [0, 0.05) is 33.2 Å². The summed E-state index contributed by atoms with van der Waals surface area (Å²) in [5, 5.41) is 12.2. The van der Waals surface area contributed by atoms with Gasteiger partial charge in [0.05, 0.1) is 6.10 Å². The van der Waals surface area contributed by atoms with Crippen molar-refractivity contribution in [3.63, 3.8) is 0 Å². The summed E-state index contributed by atoms with van der Waals surface area (Å²) >= 11 is 6.09. The number of hydrogen-bond acceptors (Lipinski definition) is 1. The fourth-order valence-corrected chi connectivity index (χ4v) is 4.31. The third-order valence-electron chi connectivity index (χ3n) is 5.31. The van der Waals surface area contributed by atoms with Crippen LogP contribution in [-0.2, 0) is 0 Å². The average molecular weight is 382 g/mol. The molecule has 2 atom stereocenters. The van der Waals surface area contributed by atoms with E-state index >= 15 is 8.78 Å². The second-order valence-electron chi connectivity index (χ2n) is 7.07. The summed E-state index contributed by atoms with van der Waals surface area (Å²) in [6.07, 6.45) is 0.692. The molecule has 1 aliphatic carbocycles. The topological polar surface area (TPSA) is 25.2 Å². The first kappa shape index (κ1) is 17.7. The third-order valence-corrected chi connectivity index (χ3v) is 5.55. The molecule has 0 spiro atoms. The number of benzene rings is 2. The molecule has 6 heteroatoms. The number of aromatic nitrogens is 1. The molecule has 1 saturated carbocycles. The lowest BCUT2D eigenvalue weighted by molar-refractivity contribution is -0.105. The van der Waals surface area contributed by atoms with E-state index in [1.165, 1.54) is 22.8 Å². The van der Waals surface area contributed by atoms with E-state index in [1.54, 1.807) is 18.2 Å². The van der Waals surface area contributed by atoms with Crippen LogP contribution in [0.3, 0.4) is 0 Å². The quantitative estimate of drug-likeness (QED) is 0.542. The molecule has 1 aromatic heterocycles. The molecule has 1 N–H and O–H groups in total. The Labute approximate surface area is 154 Å². The predicted molar refractivity (Wildman–Crippen MR) is 97.5 cm³/mol. The van der Waals surface area contributed by atoms with Crippen LogP contribution in [0, 0.1) is 5.82 Å². The lowest BCUT2D eigenvalue weighted by Gasteiger charge is -2.35. The van der Waals surface area contributed by atoms with Gasteiger partial charge in [-0.05, 0) is 49.2 Å². The summed E-state index contributed by atoms with van der Waals surface area (Å²) in [4.78, 5) is 0. The maximum absolute atomic E-state index is 15.1. The summed E-state index contributed by atoms with van der Waals surface area (Å²) < 4.78 is 45.4. The minimum atomic E-state index is -3.06. The summed E-state index contributed by atoms with van der Waals surface area (Å²) in [7, 11) is 0. The van der Waals surface area contributed by atoms with Crippen LogP contribution in [0.1, 0.15) is 38.1 Å². The van der Waals surface area contributed by atoms with Gasteiger partial charge in [0.25, 0.3) is 5.92 Å². The summed E-state index contributed by atoms with van der Waals surface area (Å²) in [5.74, 6) is -3.51. The van der Waals surface area contributed by atoms with Crippen LogP contribution in [0.25, 0.3) is 21.8 Å². The van der Waals surface area contributed by atoms with Gasteiger partial charge in [-0.15, -0.1) is 0 Å². The van der Waals surface area contributed by atoms with E-state index in [1.807, 2.05) is 0 Å². The largest absolute Gasteiger partial charge is 0.391 e. The molecule has 1 aliphatic rings. The van der Waals surface area contributed by atoms with Crippen molar-refractivity contribution in [2.45, 2.75) is 50.2 Å². The van der Waals surface area contributed by atoms with Crippen molar-refractivity contribution in [2.24, 2.45) is 0 Å². The predicted octanol–water partition coefficient (Wildman–Crippen LogP) is 6.09. The molecule has 1 heterocycles. The Hall–Kier alpha value is -1.72. The molecule has 0 radical (unpaired) electrons. The fourth-order valence-electron chi connectivity index (χ4n) is 4.14. The first-order valence-corrected chi connectivity index (χ1v) is 9.21. The minimum absolute atomic E-state index is 0.273. The second-order valence-corrected chi connectivity index (χ2v) is 7.50. The van der Waals surface area contributed by atoms with Crippen LogP contribution in [0.15, 0.2) is 36.4 Å². The Morgan fingerprint density at radius 3 is 2.46 bits per heavy atom. The molecule has 4 rings (SSSR count). The van der Waals surface area contributed by atoms with Crippen LogP contribution in [0.5, 0.6) is 0 Å². The molecule has 0 bridgehead atoms. The summed E-state index contributed by atoms with van der Waals surface area (Å²) in [5.41, 5.74) is 1.01. The van der Waals surface area contributed by atoms with Crippen molar-refractivity contribution in [1.29, 1.82) is 0 Å². The smallest absolute Gasteiger partial charge is 0.270 e. The van der Waals surface area contributed by atoms with E-state index in [9.17, 15) is 9.50 Å². The Balaban J connectivity index is 2.04. The molecule has 1 fully saturated rings. The van der Waals surface area contributed by atoms with Gasteiger partial charge in [0.15, 0.2) is 0 Å². The van der Waals surface area contributed by atoms with E-state index in [4.69, 9.17) is 11.6 Å². The van der Waals surface area contributed by atoms with Gasteiger partial charge in [0.2, 0.25) is 0 Å². The maximum atomic E-state index is 15.1. The van der Waals surface area contributed by atoms with Gasteiger partial charge in [0.1, 0.15) is 11.9 Å². The van der Waals surface area contributed by atoms with Crippen LogP contribution < -0.4 is 0 Å². The third kappa shape index (κ3) is 2.87. The van der Waals surface area contributed by atoms with Gasteiger partial charge >= 0.3 is 0 Å².